The van der Waals surface area contributed by atoms with E-state index in [4.69, 9.17) is 4.74 Å². The van der Waals surface area contributed by atoms with Crippen molar-refractivity contribution in [2.45, 2.75) is 38.6 Å². The lowest BCUT2D eigenvalue weighted by Crippen LogP contribution is -2.42. The molecule has 5 nitrogen and oxygen atoms in total. The van der Waals surface area contributed by atoms with Gasteiger partial charge in [0, 0.05) is 12.8 Å². The zero-order chi connectivity index (χ0) is 18.8. The molecular weight excluding hydrogens is 330 g/mol. The van der Waals surface area contributed by atoms with Crippen LogP contribution in [0, 0.1) is 6.92 Å². The minimum atomic E-state index is -1.02. The van der Waals surface area contributed by atoms with Gasteiger partial charge in [-0.25, -0.2) is 4.79 Å². The third-order valence-electron chi connectivity index (χ3n) is 3.97. The van der Waals surface area contributed by atoms with Gasteiger partial charge in [-0.15, -0.1) is 0 Å². The van der Waals surface area contributed by atoms with Gasteiger partial charge in [-0.2, -0.15) is 0 Å². The van der Waals surface area contributed by atoms with Crippen LogP contribution in [-0.2, 0) is 16.0 Å². The summed E-state index contributed by atoms with van der Waals surface area (Å²) in [6.07, 6.45) is 1.95. The average molecular weight is 355 g/mol. The molecule has 1 amide bonds. The fourth-order valence-electron chi connectivity index (χ4n) is 2.60. The fraction of sp³-hybridized carbons (Fsp3) is 0.333. The number of carbonyl (C=O) groups is 2. The van der Waals surface area contributed by atoms with Gasteiger partial charge in [0.2, 0.25) is 5.91 Å². The van der Waals surface area contributed by atoms with Crippen LogP contribution in [0.1, 0.15) is 30.4 Å². The van der Waals surface area contributed by atoms with Crippen LogP contribution >= 0.6 is 0 Å². The second-order valence-electron chi connectivity index (χ2n) is 6.27. The molecule has 0 bridgehead atoms. The molecule has 0 aromatic heterocycles. The number of aliphatic carboxylic acids is 1. The van der Waals surface area contributed by atoms with E-state index in [0.717, 1.165) is 23.3 Å². The summed E-state index contributed by atoms with van der Waals surface area (Å²) in [6.45, 7) is 2.54. The van der Waals surface area contributed by atoms with Gasteiger partial charge in [-0.05, 0) is 43.0 Å². The number of rotatable bonds is 10. The lowest BCUT2D eigenvalue weighted by molar-refractivity contribution is -0.141. The molecule has 0 saturated heterocycles. The van der Waals surface area contributed by atoms with Gasteiger partial charge in [0.05, 0.1) is 6.61 Å². The van der Waals surface area contributed by atoms with Crippen molar-refractivity contribution in [2.75, 3.05) is 6.61 Å². The maximum Gasteiger partial charge on any atom is 0.326 e. The molecule has 0 aliphatic heterocycles. The van der Waals surface area contributed by atoms with Crippen LogP contribution in [-0.4, -0.2) is 29.6 Å². The molecule has 0 heterocycles. The minimum Gasteiger partial charge on any atom is -0.494 e. The predicted octanol–water partition coefficient (Wildman–Crippen LogP) is 3.36. The van der Waals surface area contributed by atoms with E-state index in [1.54, 1.807) is 0 Å². The van der Waals surface area contributed by atoms with E-state index in [-0.39, 0.29) is 18.7 Å². The summed E-state index contributed by atoms with van der Waals surface area (Å²) in [5.74, 6) is -0.447. The summed E-state index contributed by atoms with van der Waals surface area (Å²) < 4.78 is 5.64. The Balaban J connectivity index is 1.68. The van der Waals surface area contributed by atoms with Crippen LogP contribution in [0.15, 0.2) is 54.6 Å². The first-order chi connectivity index (χ1) is 12.5. The molecule has 2 aromatic rings. The molecular formula is C21H25NO4. The first-order valence-electron chi connectivity index (χ1n) is 8.80. The van der Waals surface area contributed by atoms with E-state index in [2.05, 4.69) is 5.32 Å². The Hall–Kier alpha value is -2.82. The number of carboxylic acids is 1. The number of hydrogen-bond acceptors (Lipinski definition) is 3. The summed E-state index contributed by atoms with van der Waals surface area (Å²) in [5, 5.41) is 11.9. The van der Waals surface area contributed by atoms with Crippen molar-refractivity contribution in [3.63, 3.8) is 0 Å². The van der Waals surface area contributed by atoms with Crippen molar-refractivity contribution in [3.8, 4) is 5.75 Å². The average Bonchev–Trinajstić information content (AvgIpc) is 2.62. The number of ether oxygens (including phenoxy) is 1. The molecule has 2 rings (SSSR count). The van der Waals surface area contributed by atoms with Crippen LogP contribution in [0.3, 0.4) is 0 Å². The highest BCUT2D eigenvalue weighted by molar-refractivity contribution is 5.83. The first kappa shape index (κ1) is 19.5. The van der Waals surface area contributed by atoms with Crippen molar-refractivity contribution in [3.05, 3.63) is 65.7 Å². The maximum absolute atomic E-state index is 12.0. The van der Waals surface area contributed by atoms with Crippen LogP contribution in [0.4, 0.5) is 0 Å². The molecule has 0 spiro atoms. The molecule has 0 radical (unpaired) electrons. The van der Waals surface area contributed by atoms with Gasteiger partial charge in [-0.1, -0.05) is 42.5 Å². The molecule has 1 atom stereocenters. The van der Waals surface area contributed by atoms with Gasteiger partial charge >= 0.3 is 5.97 Å². The highest BCUT2D eigenvalue weighted by Crippen LogP contribution is 2.13. The molecule has 0 unspecified atom stereocenters. The van der Waals surface area contributed by atoms with Crippen molar-refractivity contribution in [1.29, 1.82) is 0 Å². The van der Waals surface area contributed by atoms with E-state index in [1.807, 2.05) is 61.5 Å². The quantitative estimate of drug-likeness (QED) is 0.641. The highest BCUT2D eigenvalue weighted by atomic mass is 16.5. The van der Waals surface area contributed by atoms with E-state index < -0.39 is 12.0 Å². The normalized spacial score (nSPS) is 11.6. The Bertz CT molecular complexity index is 715. The highest BCUT2D eigenvalue weighted by Gasteiger charge is 2.19. The third-order valence-corrected chi connectivity index (χ3v) is 3.97. The molecule has 0 saturated carbocycles. The third kappa shape index (κ3) is 6.97. The smallest absolute Gasteiger partial charge is 0.326 e. The fourth-order valence-corrected chi connectivity index (χ4v) is 2.60. The summed E-state index contributed by atoms with van der Waals surface area (Å²) in [7, 11) is 0. The lowest BCUT2D eigenvalue weighted by atomic mass is 10.1. The van der Waals surface area contributed by atoms with Gasteiger partial charge in [0.1, 0.15) is 11.8 Å². The second-order valence-corrected chi connectivity index (χ2v) is 6.27. The molecule has 0 aliphatic rings. The SMILES string of the molecule is Cc1cccc(OCCCCC(=O)N[C@H](Cc2ccccc2)C(=O)O)c1. The zero-order valence-corrected chi connectivity index (χ0v) is 15.0. The van der Waals surface area contributed by atoms with Gasteiger partial charge in [0.25, 0.3) is 0 Å². The zero-order valence-electron chi connectivity index (χ0n) is 15.0. The number of carboxylic acid groups (broad SMARTS) is 1. The van der Waals surface area contributed by atoms with Crippen LogP contribution < -0.4 is 10.1 Å². The minimum absolute atomic E-state index is 0.246. The molecule has 26 heavy (non-hydrogen) atoms. The number of nitrogens with one attached hydrogen (secondary N) is 1. The Morgan fingerprint density at radius 3 is 2.54 bits per heavy atom. The summed E-state index contributed by atoms with van der Waals surface area (Å²) in [5.41, 5.74) is 2.02. The maximum atomic E-state index is 12.0. The summed E-state index contributed by atoms with van der Waals surface area (Å²) in [4.78, 5) is 23.4. The Morgan fingerprint density at radius 2 is 1.85 bits per heavy atom. The van der Waals surface area contributed by atoms with Crippen molar-refractivity contribution < 1.29 is 19.4 Å². The Labute approximate surface area is 154 Å². The number of hydrogen-bond donors (Lipinski definition) is 2. The van der Waals surface area contributed by atoms with Crippen LogP contribution in [0.5, 0.6) is 5.75 Å². The van der Waals surface area contributed by atoms with Crippen LogP contribution in [0.2, 0.25) is 0 Å². The number of unbranched alkanes of at least 4 members (excludes halogenated alkanes) is 1. The monoisotopic (exact) mass is 355 g/mol. The van der Waals surface area contributed by atoms with Gasteiger partial charge < -0.3 is 15.2 Å². The Morgan fingerprint density at radius 1 is 1.08 bits per heavy atom. The van der Waals surface area contributed by atoms with Crippen molar-refractivity contribution in [1.82, 2.24) is 5.32 Å². The number of amides is 1. The standard InChI is InChI=1S/C21H25NO4/c1-16-8-7-11-18(14-16)26-13-6-5-12-20(23)22-19(21(24)25)15-17-9-3-2-4-10-17/h2-4,7-11,14,19H,5-6,12-13,15H2,1H3,(H,22,23)(H,24,25)/t19-/m1/s1. The van der Waals surface area contributed by atoms with Crippen LogP contribution in [0.25, 0.3) is 0 Å². The second kappa shape index (κ2) is 10.2. The number of carbonyl (C=O) groups excluding carboxylic acids is 1. The number of aryl methyl sites for hydroxylation is 1. The van der Waals surface area contributed by atoms with E-state index in [1.165, 1.54) is 0 Å². The topological polar surface area (TPSA) is 75.6 Å². The molecule has 0 fully saturated rings. The largest absolute Gasteiger partial charge is 0.494 e. The summed E-state index contributed by atoms with van der Waals surface area (Å²) >= 11 is 0. The van der Waals surface area contributed by atoms with Gasteiger partial charge in [-0.3, -0.25) is 4.79 Å². The molecule has 138 valence electrons. The molecule has 2 aromatic carbocycles. The molecule has 5 heteroatoms. The predicted molar refractivity (Wildman–Crippen MR) is 100 cm³/mol. The van der Waals surface area contributed by atoms with Gasteiger partial charge in [0.15, 0.2) is 0 Å². The van der Waals surface area contributed by atoms with Crippen molar-refractivity contribution in [2.24, 2.45) is 0 Å². The van der Waals surface area contributed by atoms with Crippen molar-refractivity contribution >= 4 is 11.9 Å². The Kier molecular flexibility index (Phi) is 7.68. The van der Waals surface area contributed by atoms with E-state index in [0.29, 0.717) is 13.0 Å². The number of benzene rings is 2. The van der Waals surface area contributed by atoms with E-state index >= 15 is 0 Å². The molecule has 2 N–H and O–H groups in total. The lowest BCUT2D eigenvalue weighted by Gasteiger charge is -2.14. The van der Waals surface area contributed by atoms with E-state index in [9.17, 15) is 14.7 Å². The molecule has 0 aliphatic carbocycles. The first-order valence-corrected chi connectivity index (χ1v) is 8.80. The summed E-state index contributed by atoms with van der Waals surface area (Å²) in [6, 6.07) is 16.2.